The fourth-order valence-corrected chi connectivity index (χ4v) is 5.24. The summed E-state index contributed by atoms with van der Waals surface area (Å²) in [4.78, 5) is 25.1. The van der Waals surface area contributed by atoms with E-state index in [-0.39, 0.29) is 5.91 Å². The number of rotatable bonds is 6. The van der Waals surface area contributed by atoms with E-state index in [0.29, 0.717) is 24.6 Å². The molecule has 3 aromatic carbocycles. The van der Waals surface area contributed by atoms with Crippen LogP contribution in [0.25, 0.3) is 10.8 Å². The second-order valence-electron chi connectivity index (χ2n) is 9.55. The van der Waals surface area contributed by atoms with Crippen molar-refractivity contribution in [2.45, 2.75) is 57.5 Å². The zero-order valence-electron chi connectivity index (χ0n) is 21.2. The van der Waals surface area contributed by atoms with Gasteiger partial charge in [-0.15, -0.1) is 0 Å². The number of nitrogens with zero attached hydrogens (tertiary/aromatic N) is 1. The number of likely N-dealkylation sites (tertiary alicyclic amines) is 1. The summed E-state index contributed by atoms with van der Waals surface area (Å²) in [5.41, 5.74) is 3.43. The van der Waals surface area contributed by atoms with Crippen molar-refractivity contribution in [2.75, 3.05) is 20.2 Å². The van der Waals surface area contributed by atoms with E-state index in [1.54, 1.807) is 13.2 Å². The molecule has 0 radical (unpaired) electrons. The molecule has 1 fully saturated rings. The van der Waals surface area contributed by atoms with Crippen molar-refractivity contribution in [3.63, 3.8) is 0 Å². The highest BCUT2D eigenvalue weighted by Gasteiger charge is 2.34. The molecule has 0 aromatic heterocycles. The second kappa shape index (κ2) is 12.0. The molecule has 1 aliphatic carbocycles. The Morgan fingerprint density at radius 1 is 1.06 bits per heavy atom. The Morgan fingerprint density at radius 3 is 2.61 bits per heavy atom. The van der Waals surface area contributed by atoms with Gasteiger partial charge in [-0.05, 0) is 85.2 Å². The van der Waals surface area contributed by atoms with E-state index >= 15 is 0 Å². The lowest BCUT2D eigenvalue weighted by atomic mass is 9.87. The topological polar surface area (TPSA) is 78.9 Å². The Balaban J connectivity index is 0.000000174. The highest BCUT2D eigenvalue weighted by molar-refractivity contribution is 6.00. The average Bonchev–Trinajstić information content (AvgIpc) is 3.41. The smallest absolute Gasteiger partial charge is 0.326 e. The van der Waals surface area contributed by atoms with Crippen LogP contribution in [-0.4, -0.2) is 54.2 Å². The average molecular weight is 489 g/mol. The lowest BCUT2D eigenvalue weighted by Gasteiger charge is -2.26. The molecule has 0 bridgehead atoms. The fourth-order valence-electron chi connectivity index (χ4n) is 5.24. The molecule has 1 amide bonds. The number of fused-ring (bicyclic) bond motifs is 2. The molecular formula is C30H36N2O4. The molecule has 1 heterocycles. The number of hydrogen-bond donors (Lipinski definition) is 2. The molecule has 1 unspecified atom stereocenters. The molecule has 36 heavy (non-hydrogen) atoms. The Kier molecular flexibility index (Phi) is 8.60. The largest absolute Gasteiger partial charge is 0.496 e. The lowest BCUT2D eigenvalue weighted by Crippen LogP contribution is -2.40. The van der Waals surface area contributed by atoms with Gasteiger partial charge < -0.3 is 20.1 Å². The van der Waals surface area contributed by atoms with Crippen LogP contribution in [0.15, 0.2) is 60.7 Å². The molecule has 2 aliphatic rings. The van der Waals surface area contributed by atoms with E-state index in [1.165, 1.54) is 28.9 Å². The molecule has 3 aromatic rings. The summed E-state index contributed by atoms with van der Waals surface area (Å²) >= 11 is 0. The first-order valence-corrected chi connectivity index (χ1v) is 12.9. The third-order valence-electron chi connectivity index (χ3n) is 7.14. The highest BCUT2D eigenvalue weighted by atomic mass is 16.5. The molecule has 6 nitrogen and oxygen atoms in total. The summed E-state index contributed by atoms with van der Waals surface area (Å²) in [6.07, 6.45) is 6.01. The Labute approximate surface area is 213 Å². The number of methoxy groups -OCH3 is 1. The predicted octanol–water partition coefficient (Wildman–Crippen LogP) is 5.08. The molecule has 6 heteroatoms. The van der Waals surface area contributed by atoms with Crippen LogP contribution >= 0.6 is 0 Å². The van der Waals surface area contributed by atoms with Crippen LogP contribution in [0.4, 0.5) is 0 Å². The van der Waals surface area contributed by atoms with Gasteiger partial charge in [-0.1, -0.05) is 49.4 Å². The zero-order chi connectivity index (χ0) is 25.5. The van der Waals surface area contributed by atoms with Crippen LogP contribution in [-0.2, 0) is 17.6 Å². The van der Waals surface area contributed by atoms with Crippen molar-refractivity contribution in [1.82, 2.24) is 10.2 Å². The molecule has 1 aliphatic heterocycles. The van der Waals surface area contributed by atoms with Gasteiger partial charge in [-0.2, -0.15) is 0 Å². The first-order chi connectivity index (χ1) is 17.5. The van der Waals surface area contributed by atoms with Crippen molar-refractivity contribution in [1.29, 1.82) is 0 Å². The second-order valence-corrected chi connectivity index (χ2v) is 9.55. The quantitative estimate of drug-likeness (QED) is 0.506. The molecule has 2 N–H and O–H groups in total. The number of carbonyl (C=O) groups excluding carboxylic acids is 1. The first kappa shape index (κ1) is 25.7. The monoisotopic (exact) mass is 488 g/mol. The van der Waals surface area contributed by atoms with Crippen LogP contribution in [0, 0.1) is 0 Å². The summed E-state index contributed by atoms with van der Waals surface area (Å²) in [5.74, 6) is -0.0521. The van der Waals surface area contributed by atoms with E-state index in [9.17, 15) is 9.59 Å². The minimum absolute atomic E-state index is 0.194. The number of carboxylic acids is 1. The highest BCUT2D eigenvalue weighted by Crippen LogP contribution is 2.29. The van der Waals surface area contributed by atoms with Crippen molar-refractivity contribution in [3.05, 3.63) is 77.4 Å². The number of hydrogen-bond acceptors (Lipinski definition) is 4. The summed E-state index contributed by atoms with van der Waals surface area (Å²) < 4.78 is 5.41. The number of aliphatic carboxylic acids is 1. The minimum Gasteiger partial charge on any atom is -0.496 e. The van der Waals surface area contributed by atoms with Gasteiger partial charge in [0.1, 0.15) is 11.8 Å². The third kappa shape index (κ3) is 5.88. The maximum Gasteiger partial charge on any atom is 0.326 e. The molecule has 2 atom stereocenters. The van der Waals surface area contributed by atoms with Gasteiger partial charge in [0.05, 0.1) is 7.11 Å². The van der Waals surface area contributed by atoms with Crippen molar-refractivity contribution >= 4 is 22.6 Å². The third-order valence-corrected chi connectivity index (χ3v) is 7.14. The number of ether oxygens (including phenoxy) is 1. The van der Waals surface area contributed by atoms with Crippen molar-refractivity contribution < 1.29 is 19.4 Å². The molecular weight excluding hydrogens is 452 g/mol. The van der Waals surface area contributed by atoms with Crippen LogP contribution in [0.1, 0.15) is 54.1 Å². The number of carbonyl (C=O) groups is 2. The Bertz CT molecular complexity index is 1210. The van der Waals surface area contributed by atoms with Gasteiger partial charge in [0.2, 0.25) is 0 Å². The molecule has 0 spiro atoms. The minimum atomic E-state index is -0.920. The fraction of sp³-hybridized carbons (Fsp3) is 0.400. The van der Waals surface area contributed by atoms with Crippen LogP contribution in [0.2, 0.25) is 0 Å². The van der Waals surface area contributed by atoms with Gasteiger partial charge >= 0.3 is 5.97 Å². The van der Waals surface area contributed by atoms with E-state index in [4.69, 9.17) is 9.84 Å². The van der Waals surface area contributed by atoms with Gasteiger partial charge in [-0.25, -0.2) is 4.79 Å². The SMILES string of the molecule is CCCNC1CCc2c(cccc2OC)C1.O=C(O)[C@@H]1CCCN1C(=O)c1ccc2ccccc2c1. The van der Waals surface area contributed by atoms with Gasteiger partial charge in [0.25, 0.3) is 5.91 Å². The van der Waals surface area contributed by atoms with Gasteiger partial charge in [-0.3, -0.25) is 4.79 Å². The van der Waals surface area contributed by atoms with Gasteiger partial charge in [0, 0.05) is 18.2 Å². The number of benzene rings is 3. The number of amides is 1. The Morgan fingerprint density at radius 2 is 1.86 bits per heavy atom. The summed E-state index contributed by atoms with van der Waals surface area (Å²) in [6, 6.07) is 19.7. The zero-order valence-corrected chi connectivity index (χ0v) is 21.2. The van der Waals surface area contributed by atoms with Crippen LogP contribution in [0.3, 0.4) is 0 Å². The summed E-state index contributed by atoms with van der Waals surface area (Å²) in [6.45, 7) is 3.86. The summed E-state index contributed by atoms with van der Waals surface area (Å²) in [7, 11) is 1.76. The summed E-state index contributed by atoms with van der Waals surface area (Å²) in [5, 5.41) is 14.8. The standard InChI is InChI=1S/C16H15NO3.C14H21NO/c18-15(17-9-3-6-14(17)16(19)20)13-8-7-11-4-1-2-5-12(11)10-13;1-3-9-15-12-7-8-13-11(10-12)5-4-6-14(13)16-2/h1-2,4-5,7-8,10,14H,3,6,9H2,(H,19,20);4-6,12,15H,3,7-10H2,1-2H3/t14-;/m0./s1. The van der Waals surface area contributed by atoms with Crippen LogP contribution in [0.5, 0.6) is 5.75 Å². The molecule has 0 saturated carbocycles. The Hall–Kier alpha value is -3.38. The normalized spacial score (nSPS) is 18.8. The molecule has 1 saturated heterocycles. The van der Waals surface area contributed by atoms with Crippen LogP contribution < -0.4 is 10.1 Å². The number of nitrogens with one attached hydrogen (secondary N) is 1. The predicted molar refractivity (Wildman–Crippen MR) is 143 cm³/mol. The maximum atomic E-state index is 12.5. The van der Waals surface area contributed by atoms with E-state index in [1.807, 2.05) is 36.4 Å². The maximum absolute atomic E-state index is 12.5. The van der Waals surface area contributed by atoms with Crippen molar-refractivity contribution in [3.8, 4) is 5.75 Å². The van der Waals surface area contributed by atoms with E-state index in [0.717, 1.165) is 42.3 Å². The van der Waals surface area contributed by atoms with Crippen molar-refractivity contribution in [2.24, 2.45) is 0 Å². The number of carboxylic acid groups (broad SMARTS) is 1. The first-order valence-electron chi connectivity index (χ1n) is 12.9. The van der Waals surface area contributed by atoms with E-state index in [2.05, 4.69) is 30.4 Å². The molecule has 5 rings (SSSR count). The van der Waals surface area contributed by atoms with Gasteiger partial charge in [0.15, 0.2) is 0 Å². The lowest BCUT2D eigenvalue weighted by molar-refractivity contribution is -0.141. The molecule has 190 valence electrons. The van der Waals surface area contributed by atoms with E-state index < -0.39 is 12.0 Å².